The zero-order chi connectivity index (χ0) is 22.8. The molecular weight excluding hydrogens is 424 g/mol. The predicted molar refractivity (Wildman–Crippen MR) is 118 cm³/mol. The van der Waals surface area contributed by atoms with Gasteiger partial charge in [-0.1, -0.05) is 0 Å². The smallest absolute Gasteiger partial charge is 0.295 e. The Morgan fingerprint density at radius 3 is 2.55 bits per heavy atom. The van der Waals surface area contributed by atoms with Crippen molar-refractivity contribution in [2.24, 2.45) is 0 Å². The van der Waals surface area contributed by atoms with Gasteiger partial charge >= 0.3 is 0 Å². The Morgan fingerprint density at radius 1 is 1.00 bits per heavy atom. The highest BCUT2D eigenvalue weighted by Crippen LogP contribution is 2.41. The number of carbonyl (C=O) groups excluding carboxylic acids is 2. The van der Waals surface area contributed by atoms with Crippen LogP contribution >= 0.6 is 0 Å². The second-order valence-corrected chi connectivity index (χ2v) is 7.79. The van der Waals surface area contributed by atoms with Crippen LogP contribution in [0.15, 0.2) is 67.0 Å². The molecular formula is C24H22N4O5. The lowest BCUT2D eigenvalue weighted by Gasteiger charge is -2.25. The average molecular weight is 446 g/mol. The number of rotatable bonds is 6. The number of hydrogen-bond donors (Lipinski definition) is 1. The van der Waals surface area contributed by atoms with Gasteiger partial charge in [-0.15, -0.1) is 0 Å². The van der Waals surface area contributed by atoms with E-state index in [4.69, 9.17) is 9.47 Å². The molecule has 9 heteroatoms. The van der Waals surface area contributed by atoms with Crippen LogP contribution in [0.25, 0.3) is 5.76 Å². The average Bonchev–Trinajstić information content (AvgIpc) is 3.46. The lowest BCUT2D eigenvalue weighted by molar-refractivity contribution is -0.139. The number of nitrogens with zero attached hydrogens (tertiary/aromatic N) is 4. The van der Waals surface area contributed by atoms with Crippen LogP contribution in [0, 0.1) is 0 Å². The number of amides is 1. The first-order chi connectivity index (χ1) is 16.1. The number of carbonyl (C=O) groups is 2. The molecule has 1 saturated heterocycles. The zero-order valence-electron chi connectivity index (χ0n) is 17.8. The van der Waals surface area contributed by atoms with E-state index in [1.165, 1.54) is 4.90 Å². The maximum absolute atomic E-state index is 13.1. The molecule has 5 rings (SSSR count). The fraction of sp³-hybridized carbons (Fsp3) is 0.250. The van der Waals surface area contributed by atoms with Gasteiger partial charge in [-0.2, -0.15) is 0 Å². The summed E-state index contributed by atoms with van der Waals surface area (Å²) in [6, 6.07) is 7.74. The largest absolute Gasteiger partial charge is 0.507 e. The second-order valence-electron chi connectivity index (χ2n) is 7.79. The van der Waals surface area contributed by atoms with Crippen molar-refractivity contribution in [3.63, 3.8) is 0 Å². The normalized spacial score (nSPS) is 19.2. The van der Waals surface area contributed by atoms with Gasteiger partial charge in [0.25, 0.3) is 11.7 Å². The molecule has 1 N–H and O–H groups in total. The maximum atomic E-state index is 13.1. The summed E-state index contributed by atoms with van der Waals surface area (Å²) in [5.74, 6) is -0.540. The predicted octanol–water partition coefficient (Wildman–Crippen LogP) is 2.56. The van der Waals surface area contributed by atoms with Gasteiger partial charge in [0.1, 0.15) is 19.0 Å². The number of aryl methyl sites for hydroxylation is 1. The Kier molecular flexibility index (Phi) is 5.52. The Bertz CT molecular complexity index is 1210. The number of aliphatic hydroxyl groups is 1. The highest BCUT2D eigenvalue weighted by atomic mass is 16.6. The van der Waals surface area contributed by atoms with Gasteiger partial charge in [0.2, 0.25) is 0 Å². The van der Waals surface area contributed by atoms with E-state index in [0.717, 1.165) is 0 Å². The third-order valence-corrected chi connectivity index (χ3v) is 5.75. The zero-order valence-corrected chi connectivity index (χ0v) is 17.8. The number of aromatic nitrogens is 3. The lowest BCUT2D eigenvalue weighted by Crippen LogP contribution is -2.31. The van der Waals surface area contributed by atoms with Crippen molar-refractivity contribution in [2.75, 3.05) is 19.8 Å². The second kappa shape index (κ2) is 8.78. The van der Waals surface area contributed by atoms with E-state index in [2.05, 4.69) is 9.97 Å². The van der Waals surface area contributed by atoms with Crippen LogP contribution in [-0.4, -0.2) is 56.0 Å². The summed E-state index contributed by atoms with van der Waals surface area (Å²) in [6.07, 6.45) is 9.06. The summed E-state index contributed by atoms with van der Waals surface area (Å²) in [5, 5.41) is 11.2. The van der Waals surface area contributed by atoms with Crippen molar-refractivity contribution in [3.05, 3.63) is 78.1 Å². The number of benzene rings is 1. The van der Waals surface area contributed by atoms with Crippen LogP contribution in [0.5, 0.6) is 11.5 Å². The molecule has 33 heavy (non-hydrogen) atoms. The SMILES string of the molecule is O=C1C(=O)N(CCCn2ccnc2)[C@H](c2ccncc2)C1=C(O)c1ccc2c(c1)OCCO2. The number of aliphatic hydroxyl groups excluding tert-OH is 1. The highest BCUT2D eigenvalue weighted by molar-refractivity contribution is 6.46. The van der Waals surface area contributed by atoms with Gasteiger partial charge in [0, 0.05) is 43.4 Å². The first kappa shape index (κ1) is 20.7. The summed E-state index contributed by atoms with van der Waals surface area (Å²) in [5.41, 5.74) is 1.13. The van der Waals surface area contributed by atoms with Crippen molar-refractivity contribution in [1.29, 1.82) is 0 Å². The quantitative estimate of drug-likeness (QED) is 0.352. The van der Waals surface area contributed by atoms with Crippen molar-refractivity contribution < 1.29 is 24.2 Å². The van der Waals surface area contributed by atoms with Crippen LogP contribution < -0.4 is 9.47 Å². The maximum Gasteiger partial charge on any atom is 0.295 e. The molecule has 168 valence electrons. The van der Waals surface area contributed by atoms with Crippen molar-refractivity contribution in [1.82, 2.24) is 19.4 Å². The molecule has 9 nitrogen and oxygen atoms in total. The van der Waals surface area contributed by atoms with E-state index < -0.39 is 17.7 Å². The van der Waals surface area contributed by atoms with Crippen LogP contribution in [0.2, 0.25) is 0 Å². The highest BCUT2D eigenvalue weighted by Gasteiger charge is 2.45. The lowest BCUT2D eigenvalue weighted by atomic mass is 9.95. The molecule has 2 aliphatic heterocycles. The summed E-state index contributed by atoms with van der Waals surface area (Å²) >= 11 is 0. The third-order valence-electron chi connectivity index (χ3n) is 5.75. The van der Waals surface area contributed by atoms with E-state index in [-0.39, 0.29) is 11.3 Å². The van der Waals surface area contributed by atoms with Crippen LogP contribution in [0.4, 0.5) is 0 Å². The van der Waals surface area contributed by atoms with E-state index in [0.29, 0.717) is 55.4 Å². The van der Waals surface area contributed by atoms with Gasteiger partial charge in [0.15, 0.2) is 11.5 Å². The third kappa shape index (κ3) is 3.93. The fourth-order valence-corrected chi connectivity index (χ4v) is 4.19. The number of ketones is 1. The van der Waals surface area contributed by atoms with Crippen LogP contribution in [0.1, 0.15) is 23.6 Å². The summed E-state index contributed by atoms with van der Waals surface area (Å²) < 4.78 is 13.1. The van der Waals surface area contributed by atoms with Gasteiger partial charge in [-0.3, -0.25) is 14.6 Å². The molecule has 1 fully saturated rings. The van der Waals surface area contributed by atoms with Crippen molar-refractivity contribution >= 4 is 17.4 Å². The number of ether oxygens (including phenoxy) is 2. The van der Waals surface area contributed by atoms with Gasteiger partial charge in [0.05, 0.1) is 17.9 Å². The van der Waals surface area contributed by atoms with Crippen LogP contribution in [0.3, 0.4) is 0 Å². The molecule has 4 heterocycles. The Labute approximate surface area is 189 Å². The number of fused-ring (bicyclic) bond motifs is 1. The molecule has 0 unspecified atom stereocenters. The summed E-state index contributed by atoms with van der Waals surface area (Å²) in [6.45, 7) is 1.84. The first-order valence-corrected chi connectivity index (χ1v) is 10.7. The monoisotopic (exact) mass is 446 g/mol. The molecule has 2 aliphatic rings. The minimum absolute atomic E-state index is 0.0468. The molecule has 1 amide bonds. The number of imidazole rings is 1. The number of Topliss-reactive ketones (excluding diaryl/α,β-unsaturated/α-hetero) is 1. The topological polar surface area (TPSA) is 107 Å². The standard InChI is InChI=1S/C24H22N4O5/c29-22(17-2-3-18-19(14-17)33-13-12-32-18)20-21(16-4-6-25-7-5-16)28(24(31)23(20)30)10-1-9-27-11-8-26-15-27/h2-8,11,14-15,21,29H,1,9-10,12-13H2/t21-/m1/s1. The fourth-order valence-electron chi connectivity index (χ4n) is 4.19. The van der Waals surface area contributed by atoms with E-state index in [9.17, 15) is 14.7 Å². The molecule has 0 bridgehead atoms. The molecule has 1 atom stereocenters. The summed E-state index contributed by atoms with van der Waals surface area (Å²) in [7, 11) is 0. The minimum Gasteiger partial charge on any atom is -0.507 e. The number of hydrogen-bond acceptors (Lipinski definition) is 7. The molecule has 3 aromatic rings. The van der Waals surface area contributed by atoms with Crippen molar-refractivity contribution in [3.8, 4) is 11.5 Å². The molecule has 0 spiro atoms. The van der Waals surface area contributed by atoms with E-state index in [1.807, 2.05) is 10.8 Å². The number of likely N-dealkylation sites (tertiary alicyclic amines) is 1. The minimum atomic E-state index is -0.719. The summed E-state index contributed by atoms with van der Waals surface area (Å²) in [4.78, 5) is 35.7. The Morgan fingerprint density at radius 2 is 1.79 bits per heavy atom. The number of pyridine rings is 1. The van der Waals surface area contributed by atoms with Gasteiger partial charge in [-0.25, -0.2) is 4.98 Å². The molecule has 1 aromatic carbocycles. The molecule has 0 radical (unpaired) electrons. The Hall–Kier alpha value is -4.14. The van der Waals surface area contributed by atoms with Gasteiger partial charge < -0.3 is 24.0 Å². The molecule has 0 saturated carbocycles. The molecule has 0 aliphatic carbocycles. The Balaban J connectivity index is 1.52. The molecule has 2 aromatic heterocycles. The van der Waals surface area contributed by atoms with E-state index >= 15 is 0 Å². The first-order valence-electron chi connectivity index (χ1n) is 10.7. The van der Waals surface area contributed by atoms with Crippen LogP contribution in [-0.2, 0) is 16.1 Å². The van der Waals surface area contributed by atoms with E-state index in [1.54, 1.807) is 55.2 Å². The van der Waals surface area contributed by atoms with Gasteiger partial charge in [-0.05, 0) is 42.3 Å². The van der Waals surface area contributed by atoms with Crippen molar-refractivity contribution in [2.45, 2.75) is 19.0 Å².